The lowest BCUT2D eigenvalue weighted by molar-refractivity contribution is -0.165. The van der Waals surface area contributed by atoms with Crippen LogP contribution in [-0.2, 0) is 0 Å². The van der Waals surface area contributed by atoms with Crippen molar-refractivity contribution in [2.75, 3.05) is 13.7 Å². The number of alkyl halides is 3. The van der Waals surface area contributed by atoms with Crippen molar-refractivity contribution in [3.63, 3.8) is 0 Å². The summed E-state index contributed by atoms with van der Waals surface area (Å²) in [6.45, 7) is -0.745. The highest BCUT2D eigenvalue weighted by Crippen LogP contribution is 2.31. The van der Waals surface area contributed by atoms with Crippen LogP contribution in [0.3, 0.4) is 0 Å². The molecule has 0 aromatic heterocycles. The molecule has 0 N–H and O–H groups in total. The van der Waals surface area contributed by atoms with Crippen molar-refractivity contribution < 1.29 is 22.6 Å². The molecule has 1 aromatic rings. The number of nitriles is 1. The van der Waals surface area contributed by atoms with Crippen molar-refractivity contribution in [1.29, 1.82) is 5.26 Å². The molecule has 0 aliphatic heterocycles. The molecule has 0 bridgehead atoms. The smallest absolute Gasteiger partial charge is 0.407 e. The normalized spacial score (nSPS) is 12.7. The lowest BCUT2D eigenvalue weighted by Gasteiger charge is -2.15. The van der Waals surface area contributed by atoms with Crippen LogP contribution in [0.2, 0.25) is 0 Å². The van der Waals surface area contributed by atoms with E-state index >= 15 is 0 Å². The third kappa shape index (κ3) is 3.81. The van der Waals surface area contributed by atoms with E-state index in [1.807, 2.05) is 0 Å². The molecule has 3 nitrogen and oxygen atoms in total. The fourth-order valence-electron chi connectivity index (χ4n) is 1.10. The molecule has 0 aliphatic rings. The summed E-state index contributed by atoms with van der Waals surface area (Å²) in [6, 6.07) is 5.74. The number of methoxy groups -OCH3 is 1. The van der Waals surface area contributed by atoms with Crippen molar-refractivity contribution in [3.8, 4) is 17.6 Å². The molecule has 1 rings (SSSR count). The summed E-state index contributed by atoms with van der Waals surface area (Å²) >= 11 is 3.14. The van der Waals surface area contributed by atoms with Gasteiger partial charge >= 0.3 is 6.18 Å². The molecule has 0 aliphatic carbocycles. The van der Waals surface area contributed by atoms with Gasteiger partial charge in [0.25, 0.3) is 0 Å². The molecule has 0 heterocycles. The van der Waals surface area contributed by atoms with E-state index in [4.69, 9.17) is 14.7 Å². The number of nitrogens with zero attached hydrogens (tertiary/aromatic N) is 1. The Labute approximate surface area is 110 Å². The predicted octanol–water partition coefficient (Wildman–Crippen LogP) is 3.54. The summed E-state index contributed by atoms with van der Waals surface area (Å²) in [5, 5.41) is 8.41. The molecule has 0 saturated heterocycles. The molecule has 1 aromatic carbocycles. The molecular weight excluding hydrogens is 315 g/mol. The molecule has 1 unspecified atom stereocenters. The topological polar surface area (TPSA) is 42.2 Å². The van der Waals surface area contributed by atoms with Gasteiger partial charge in [0.1, 0.15) is 18.1 Å². The first-order valence-corrected chi connectivity index (χ1v) is 5.60. The summed E-state index contributed by atoms with van der Waals surface area (Å²) < 4.78 is 47.3. The maximum Gasteiger partial charge on any atom is 0.407 e. The van der Waals surface area contributed by atoms with Crippen LogP contribution in [-0.4, -0.2) is 19.9 Å². The fraction of sp³-hybridized carbons (Fsp3) is 0.364. The molecule has 0 amide bonds. The minimum absolute atomic E-state index is 0.222. The van der Waals surface area contributed by atoms with Crippen LogP contribution < -0.4 is 9.47 Å². The van der Waals surface area contributed by atoms with Gasteiger partial charge in [0.05, 0.1) is 17.7 Å². The molecule has 98 valence electrons. The molecule has 18 heavy (non-hydrogen) atoms. The third-order valence-corrected chi connectivity index (χ3v) is 2.72. The zero-order valence-corrected chi connectivity index (χ0v) is 10.9. The van der Waals surface area contributed by atoms with Crippen LogP contribution >= 0.6 is 15.9 Å². The SMILES string of the molecule is COc1ccc(OCC(C#N)C(F)(F)F)c(Br)c1. The van der Waals surface area contributed by atoms with Crippen molar-refractivity contribution in [2.24, 2.45) is 5.92 Å². The van der Waals surface area contributed by atoms with Gasteiger partial charge in [0.15, 0.2) is 5.92 Å². The Kier molecular flexibility index (Phi) is 4.84. The van der Waals surface area contributed by atoms with Gasteiger partial charge in [0, 0.05) is 0 Å². The predicted molar refractivity (Wildman–Crippen MR) is 61.3 cm³/mol. The first-order chi connectivity index (χ1) is 8.38. The van der Waals surface area contributed by atoms with Gasteiger partial charge in [-0.15, -0.1) is 0 Å². The summed E-state index contributed by atoms with van der Waals surface area (Å²) in [7, 11) is 1.47. The van der Waals surface area contributed by atoms with Crippen LogP contribution in [0.15, 0.2) is 22.7 Å². The van der Waals surface area contributed by atoms with E-state index in [1.165, 1.54) is 13.2 Å². The Morgan fingerprint density at radius 2 is 2.11 bits per heavy atom. The van der Waals surface area contributed by atoms with E-state index in [0.29, 0.717) is 10.2 Å². The van der Waals surface area contributed by atoms with Crippen molar-refractivity contribution in [1.82, 2.24) is 0 Å². The lowest BCUT2D eigenvalue weighted by Crippen LogP contribution is -2.27. The Balaban J connectivity index is 2.72. The van der Waals surface area contributed by atoms with Crippen LogP contribution in [0.5, 0.6) is 11.5 Å². The highest BCUT2D eigenvalue weighted by Gasteiger charge is 2.40. The summed E-state index contributed by atoms with van der Waals surface area (Å²) in [5.74, 6) is -1.38. The van der Waals surface area contributed by atoms with E-state index in [0.717, 1.165) is 6.07 Å². The Bertz CT molecular complexity index is 457. The molecule has 1 atom stereocenters. The van der Waals surface area contributed by atoms with E-state index in [9.17, 15) is 13.2 Å². The summed E-state index contributed by atoms with van der Waals surface area (Å²) in [5.41, 5.74) is 0. The minimum atomic E-state index is -4.59. The maximum atomic E-state index is 12.3. The van der Waals surface area contributed by atoms with Crippen LogP contribution in [0.25, 0.3) is 0 Å². The summed E-state index contributed by atoms with van der Waals surface area (Å²) in [4.78, 5) is 0. The number of benzene rings is 1. The number of halogens is 4. The van der Waals surface area contributed by atoms with Crippen LogP contribution in [0.1, 0.15) is 0 Å². The van der Waals surface area contributed by atoms with Gasteiger partial charge in [-0.25, -0.2) is 0 Å². The lowest BCUT2D eigenvalue weighted by atomic mass is 10.2. The van der Waals surface area contributed by atoms with E-state index < -0.39 is 18.7 Å². The van der Waals surface area contributed by atoms with Crippen molar-refractivity contribution in [2.45, 2.75) is 6.18 Å². The van der Waals surface area contributed by atoms with Gasteiger partial charge < -0.3 is 9.47 Å². The van der Waals surface area contributed by atoms with E-state index in [2.05, 4.69) is 15.9 Å². The van der Waals surface area contributed by atoms with Gasteiger partial charge in [-0.2, -0.15) is 18.4 Å². The molecule has 0 radical (unpaired) electrons. The molecular formula is C11H9BrF3NO2. The van der Waals surface area contributed by atoms with Gasteiger partial charge in [0.2, 0.25) is 0 Å². The molecule has 0 saturated carbocycles. The average Bonchev–Trinajstić information content (AvgIpc) is 2.29. The Morgan fingerprint density at radius 3 is 2.56 bits per heavy atom. The Hall–Kier alpha value is -1.42. The standard InChI is InChI=1S/C11H9BrF3NO2/c1-17-8-2-3-10(9(12)4-8)18-6-7(5-16)11(13,14)15/h2-4,7H,6H2,1H3. The second-order valence-electron chi connectivity index (χ2n) is 3.33. The number of ether oxygens (including phenoxy) is 2. The van der Waals surface area contributed by atoms with Gasteiger partial charge in [-0.3, -0.25) is 0 Å². The van der Waals surface area contributed by atoms with Gasteiger partial charge in [-0.1, -0.05) is 0 Å². The first-order valence-electron chi connectivity index (χ1n) is 4.81. The highest BCUT2D eigenvalue weighted by molar-refractivity contribution is 9.10. The largest absolute Gasteiger partial charge is 0.497 e. The Morgan fingerprint density at radius 1 is 1.44 bits per heavy atom. The highest BCUT2D eigenvalue weighted by atomic mass is 79.9. The second kappa shape index (κ2) is 5.96. The molecule has 0 spiro atoms. The number of hydrogen-bond acceptors (Lipinski definition) is 3. The van der Waals surface area contributed by atoms with Crippen molar-refractivity contribution >= 4 is 15.9 Å². The minimum Gasteiger partial charge on any atom is -0.497 e. The number of rotatable bonds is 4. The quantitative estimate of drug-likeness (QED) is 0.851. The third-order valence-electron chi connectivity index (χ3n) is 2.10. The molecule has 0 fully saturated rings. The monoisotopic (exact) mass is 323 g/mol. The average molecular weight is 324 g/mol. The van der Waals surface area contributed by atoms with E-state index in [1.54, 1.807) is 12.1 Å². The van der Waals surface area contributed by atoms with Crippen LogP contribution in [0, 0.1) is 17.2 Å². The molecule has 7 heteroatoms. The second-order valence-corrected chi connectivity index (χ2v) is 4.18. The van der Waals surface area contributed by atoms with Gasteiger partial charge in [-0.05, 0) is 34.1 Å². The fourth-order valence-corrected chi connectivity index (χ4v) is 1.58. The van der Waals surface area contributed by atoms with E-state index in [-0.39, 0.29) is 5.75 Å². The zero-order chi connectivity index (χ0) is 13.8. The zero-order valence-electron chi connectivity index (χ0n) is 9.29. The maximum absolute atomic E-state index is 12.3. The number of hydrogen-bond donors (Lipinski definition) is 0. The van der Waals surface area contributed by atoms with Crippen LogP contribution in [0.4, 0.5) is 13.2 Å². The first kappa shape index (κ1) is 14.6. The summed E-state index contributed by atoms with van der Waals surface area (Å²) in [6.07, 6.45) is -4.59. The van der Waals surface area contributed by atoms with Crippen molar-refractivity contribution in [3.05, 3.63) is 22.7 Å².